The maximum Gasteiger partial charge on any atom is 0.199 e. The van der Waals surface area contributed by atoms with E-state index in [9.17, 15) is 0 Å². The highest BCUT2D eigenvalue weighted by molar-refractivity contribution is 6.17. The lowest BCUT2D eigenvalue weighted by atomic mass is 10.6. The first-order valence-corrected chi connectivity index (χ1v) is 5.35. The predicted octanol–water partition coefficient (Wildman–Crippen LogP) is 0.187. The summed E-state index contributed by atoms with van der Waals surface area (Å²) in [5.74, 6) is 1.24. The second-order valence-electron chi connectivity index (χ2n) is 2.97. The van der Waals surface area contributed by atoms with Crippen molar-refractivity contribution in [3.05, 3.63) is 12.4 Å². The molecule has 7 nitrogen and oxygen atoms in total. The molecule has 1 N–H and O–H groups in total. The van der Waals surface area contributed by atoms with Crippen molar-refractivity contribution >= 4 is 23.1 Å². The summed E-state index contributed by atoms with van der Waals surface area (Å²) in [4.78, 5) is 4.01. The average molecular weight is 243 g/mol. The van der Waals surface area contributed by atoms with Crippen molar-refractivity contribution in [2.75, 3.05) is 31.0 Å². The van der Waals surface area contributed by atoms with Crippen LogP contribution in [0.3, 0.4) is 0 Å². The van der Waals surface area contributed by atoms with E-state index in [0.717, 1.165) is 5.82 Å². The van der Waals surface area contributed by atoms with Gasteiger partial charge in [0.15, 0.2) is 5.65 Å². The van der Waals surface area contributed by atoms with E-state index in [2.05, 4.69) is 25.8 Å². The molecule has 0 spiro atoms. The van der Waals surface area contributed by atoms with Crippen molar-refractivity contribution < 1.29 is 4.74 Å². The Balaban J connectivity index is 1.91. The van der Waals surface area contributed by atoms with Crippen LogP contribution in [-0.2, 0) is 4.74 Å². The van der Waals surface area contributed by atoms with Gasteiger partial charge in [-0.3, -0.25) is 4.98 Å². The first-order valence-electron chi connectivity index (χ1n) is 4.81. The highest BCUT2D eigenvalue weighted by Crippen LogP contribution is 2.04. The molecule has 8 heteroatoms. The number of tetrazole rings is 1. The summed E-state index contributed by atoms with van der Waals surface area (Å²) in [6.45, 7) is 1.78. The second-order valence-corrected chi connectivity index (χ2v) is 3.35. The molecule has 0 aliphatic rings. The Morgan fingerprint density at radius 2 is 2.31 bits per heavy atom. The Labute approximate surface area is 96.8 Å². The van der Waals surface area contributed by atoms with Crippen molar-refractivity contribution in [2.45, 2.75) is 0 Å². The van der Waals surface area contributed by atoms with E-state index in [1.807, 2.05) is 0 Å². The molecule has 0 atom stereocenters. The third kappa shape index (κ3) is 2.56. The van der Waals surface area contributed by atoms with Crippen LogP contribution in [0.15, 0.2) is 12.4 Å². The number of nitrogens with one attached hydrogen (secondary N) is 1. The molecule has 0 saturated carbocycles. The van der Waals surface area contributed by atoms with Crippen molar-refractivity contribution in [1.82, 2.24) is 25.0 Å². The number of nitrogens with zero attached hydrogens (tertiary/aromatic N) is 5. The molecule has 0 fully saturated rings. The van der Waals surface area contributed by atoms with Gasteiger partial charge in [0.05, 0.1) is 25.6 Å². The lowest BCUT2D eigenvalue weighted by Crippen LogP contribution is -2.13. The smallest absolute Gasteiger partial charge is 0.199 e. The number of hydrogen-bond donors (Lipinski definition) is 1. The quantitative estimate of drug-likeness (QED) is 0.576. The molecule has 0 aromatic carbocycles. The van der Waals surface area contributed by atoms with E-state index in [1.165, 1.54) is 0 Å². The van der Waals surface area contributed by atoms with Crippen molar-refractivity contribution in [2.24, 2.45) is 0 Å². The van der Waals surface area contributed by atoms with Crippen LogP contribution in [0, 0.1) is 0 Å². The summed E-state index contributed by atoms with van der Waals surface area (Å²) >= 11 is 5.47. The van der Waals surface area contributed by atoms with Gasteiger partial charge in [0.2, 0.25) is 0 Å². The number of anilines is 1. The Morgan fingerprint density at radius 1 is 1.38 bits per heavy atom. The minimum atomic E-state index is 0.504. The van der Waals surface area contributed by atoms with Gasteiger partial charge in [-0.15, -0.1) is 16.7 Å². The van der Waals surface area contributed by atoms with Gasteiger partial charge >= 0.3 is 0 Å². The fourth-order valence-electron chi connectivity index (χ4n) is 1.20. The number of hydrogen-bond acceptors (Lipinski definition) is 6. The highest BCUT2D eigenvalue weighted by Gasteiger charge is 2.02. The number of halogens is 1. The molecule has 86 valence electrons. The van der Waals surface area contributed by atoms with E-state index in [4.69, 9.17) is 16.3 Å². The SMILES string of the molecule is ClCCOCCNc1cncc2nnnn12. The molecular formula is C8H11ClN6O. The zero-order valence-electron chi connectivity index (χ0n) is 8.51. The van der Waals surface area contributed by atoms with Gasteiger partial charge in [0.1, 0.15) is 5.82 Å². The molecule has 2 aromatic heterocycles. The molecule has 2 rings (SSSR count). The monoisotopic (exact) mass is 242 g/mol. The molecule has 0 radical (unpaired) electrons. The Bertz CT molecular complexity index is 447. The van der Waals surface area contributed by atoms with Gasteiger partial charge in [0.25, 0.3) is 0 Å². The van der Waals surface area contributed by atoms with Gasteiger partial charge in [-0.25, -0.2) is 0 Å². The standard InChI is InChI=1S/C8H11ClN6O/c9-1-3-16-4-2-11-7-5-10-6-8-12-13-14-15(7)8/h5-6,11H,1-4H2. The van der Waals surface area contributed by atoms with Gasteiger partial charge in [-0.05, 0) is 10.4 Å². The van der Waals surface area contributed by atoms with Gasteiger partial charge in [-0.2, -0.15) is 4.52 Å². The number of fused-ring (bicyclic) bond motifs is 1. The van der Waals surface area contributed by atoms with Crippen LogP contribution in [0.4, 0.5) is 5.82 Å². The molecule has 0 amide bonds. The topological polar surface area (TPSA) is 77.2 Å². The molecule has 0 saturated heterocycles. The van der Waals surface area contributed by atoms with E-state index >= 15 is 0 Å². The minimum Gasteiger partial charge on any atom is -0.378 e. The number of ether oxygens (including phenoxy) is 1. The molecule has 0 unspecified atom stereocenters. The summed E-state index contributed by atoms with van der Waals surface area (Å²) in [6, 6.07) is 0. The van der Waals surface area contributed by atoms with E-state index in [1.54, 1.807) is 16.9 Å². The minimum absolute atomic E-state index is 0.504. The average Bonchev–Trinajstić information content (AvgIpc) is 2.77. The summed E-state index contributed by atoms with van der Waals surface area (Å²) < 4.78 is 6.80. The van der Waals surface area contributed by atoms with E-state index in [-0.39, 0.29) is 0 Å². The van der Waals surface area contributed by atoms with Crippen LogP contribution in [0.5, 0.6) is 0 Å². The van der Waals surface area contributed by atoms with Crippen LogP contribution in [0.25, 0.3) is 5.65 Å². The highest BCUT2D eigenvalue weighted by atomic mass is 35.5. The summed E-state index contributed by atoms with van der Waals surface area (Å²) in [6.07, 6.45) is 3.25. The summed E-state index contributed by atoms with van der Waals surface area (Å²) in [5.41, 5.74) is 0.603. The lowest BCUT2D eigenvalue weighted by Gasteiger charge is -2.06. The Kier molecular flexibility index (Phi) is 3.84. The van der Waals surface area contributed by atoms with Crippen LogP contribution in [0.1, 0.15) is 0 Å². The Hall–Kier alpha value is -1.47. The van der Waals surface area contributed by atoms with Crippen molar-refractivity contribution in [3.63, 3.8) is 0 Å². The Morgan fingerprint density at radius 3 is 3.19 bits per heavy atom. The number of aromatic nitrogens is 5. The third-order valence-corrected chi connectivity index (χ3v) is 2.04. The molecular weight excluding hydrogens is 232 g/mol. The van der Waals surface area contributed by atoms with Gasteiger partial charge < -0.3 is 10.1 Å². The predicted molar refractivity (Wildman–Crippen MR) is 58.6 cm³/mol. The van der Waals surface area contributed by atoms with Crippen LogP contribution in [-0.4, -0.2) is 50.7 Å². The normalized spacial score (nSPS) is 10.8. The van der Waals surface area contributed by atoms with Crippen LogP contribution in [0.2, 0.25) is 0 Å². The zero-order chi connectivity index (χ0) is 11.2. The second kappa shape index (κ2) is 5.57. The van der Waals surface area contributed by atoms with Gasteiger partial charge in [0, 0.05) is 12.4 Å². The van der Waals surface area contributed by atoms with E-state index < -0.39 is 0 Å². The fraction of sp³-hybridized carbons (Fsp3) is 0.500. The van der Waals surface area contributed by atoms with Crippen LogP contribution < -0.4 is 5.32 Å². The molecule has 16 heavy (non-hydrogen) atoms. The molecule has 2 heterocycles. The first-order chi connectivity index (χ1) is 7.92. The van der Waals surface area contributed by atoms with Crippen molar-refractivity contribution in [3.8, 4) is 0 Å². The van der Waals surface area contributed by atoms with Crippen LogP contribution >= 0.6 is 11.6 Å². The molecule has 0 aliphatic heterocycles. The largest absolute Gasteiger partial charge is 0.378 e. The lowest BCUT2D eigenvalue weighted by molar-refractivity contribution is 0.160. The first kappa shape index (κ1) is 11.0. The third-order valence-electron chi connectivity index (χ3n) is 1.88. The summed E-state index contributed by atoms with van der Waals surface area (Å²) in [7, 11) is 0. The van der Waals surface area contributed by atoms with E-state index in [0.29, 0.717) is 31.3 Å². The number of alkyl halides is 1. The number of rotatable bonds is 6. The molecule has 2 aromatic rings. The van der Waals surface area contributed by atoms with Crippen molar-refractivity contribution in [1.29, 1.82) is 0 Å². The fourth-order valence-corrected chi connectivity index (χ4v) is 1.31. The maximum atomic E-state index is 5.47. The zero-order valence-corrected chi connectivity index (χ0v) is 9.26. The summed E-state index contributed by atoms with van der Waals surface area (Å²) in [5, 5.41) is 14.3. The van der Waals surface area contributed by atoms with Gasteiger partial charge in [-0.1, -0.05) is 0 Å². The maximum absolute atomic E-state index is 5.47. The molecule has 0 bridgehead atoms. The molecule has 0 aliphatic carbocycles.